The molecule has 3 rings (SSSR count). The van der Waals surface area contributed by atoms with Crippen molar-refractivity contribution in [2.45, 2.75) is 39.4 Å². The molecule has 0 aliphatic carbocycles. The zero-order valence-electron chi connectivity index (χ0n) is 15.4. The lowest BCUT2D eigenvalue weighted by atomic mass is 10.1. The molecule has 136 valence electrons. The highest BCUT2D eigenvalue weighted by molar-refractivity contribution is 7.99. The lowest BCUT2D eigenvalue weighted by Gasteiger charge is -2.09. The fraction of sp³-hybridized carbons (Fsp3) is 0.316. The molecule has 2 heterocycles. The van der Waals surface area contributed by atoms with E-state index in [1.165, 1.54) is 17.3 Å². The maximum absolute atomic E-state index is 12.3. The normalized spacial score (nSPS) is 10.9. The number of furan rings is 1. The summed E-state index contributed by atoms with van der Waals surface area (Å²) in [5, 5.41) is 12.2. The second kappa shape index (κ2) is 7.78. The van der Waals surface area contributed by atoms with Gasteiger partial charge in [-0.25, -0.2) is 0 Å². The Hall–Kier alpha value is -2.54. The summed E-state index contributed by atoms with van der Waals surface area (Å²) in [6.07, 6.45) is 1.64. The van der Waals surface area contributed by atoms with Crippen LogP contribution in [0.15, 0.2) is 40.1 Å². The highest BCUT2D eigenvalue weighted by Crippen LogP contribution is 2.27. The van der Waals surface area contributed by atoms with Gasteiger partial charge in [0, 0.05) is 12.2 Å². The van der Waals surface area contributed by atoms with E-state index in [1.54, 1.807) is 6.26 Å². The second-order valence-electron chi connectivity index (χ2n) is 6.10. The van der Waals surface area contributed by atoms with Crippen LogP contribution in [0, 0.1) is 20.8 Å². The molecule has 1 amide bonds. The number of carbonyl (C=O) groups excluding carboxylic acids is 1. The number of hydrogen-bond acceptors (Lipinski definition) is 5. The average molecular weight is 370 g/mol. The molecule has 6 nitrogen and oxygen atoms in total. The first kappa shape index (κ1) is 18.3. The standard InChI is InChI=1S/C19H22N4O2S/c1-5-23-18(15-8-9-25-14(15)4)21-22-19(23)26-11-17(24)20-16-7-6-12(2)10-13(16)3/h6-10H,5,11H2,1-4H3,(H,20,24). The first-order chi connectivity index (χ1) is 12.5. The number of thioether (sulfide) groups is 1. The fourth-order valence-electron chi connectivity index (χ4n) is 2.77. The number of aromatic nitrogens is 3. The Kier molecular flexibility index (Phi) is 5.46. The number of nitrogens with zero attached hydrogens (tertiary/aromatic N) is 3. The average Bonchev–Trinajstić information content (AvgIpc) is 3.20. The fourth-order valence-corrected chi connectivity index (χ4v) is 3.57. The molecule has 0 saturated heterocycles. The van der Waals surface area contributed by atoms with Crippen molar-refractivity contribution < 1.29 is 9.21 Å². The Morgan fingerprint density at radius 2 is 2.04 bits per heavy atom. The molecule has 1 N–H and O–H groups in total. The van der Waals surface area contributed by atoms with E-state index < -0.39 is 0 Å². The van der Waals surface area contributed by atoms with Crippen LogP contribution >= 0.6 is 11.8 Å². The van der Waals surface area contributed by atoms with Crippen LogP contribution in [0.2, 0.25) is 0 Å². The van der Waals surface area contributed by atoms with Crippen molar-refractivity contribution in [2.75, 3.05) is 11.1 Å². The van der Waals surface area contributed by atoms with Crippen molar-refractivity contribution in [1.82, 2.24) is 14.8 Å². The molecule has 0 spiro atoms. The van der Waals surface area contributed by atoms with Gasteiger partial charge in [0.1, 0.15) is 5.76 Å². The van der Waals surface area contributed by atoms with Crippen molar-refractivity contribution in [3.8, 4) is 11.4 Å². The van der Waals surface area contributed by atoms with Gasteiger partial charge in [-0.1, -0.05) is 29.5 Å². The summed E-state index contributed by atoms with van der Waals surface area (Å²) in [6, 6.07) is 7.85. The van der Waals surface area contributed by atoms with Gasteiger partial charge in [-0.3, -0.25) is 4.79 Å². The number of anilines is 1. The van der Waals surface area contributed by atoms with Crippen molar-refractivity contribution in [1.29, 1.82) is 0 Å². The number of aryl methyl sites for hydroxylation is 3. The van der Waals surface area contributed by atoms with E-state index in [0.717, 1.165) is 33.6 Å². The molecule has 26 heavy (non-hydrogen) atoms. The van der Waals surface area contributed by atoms with E-state index in [1.807, 2.05) is 50.5 Å². The van der Waals surface area contributed by atoms with Crippen LogP contribution in [0.4, 0.5) is 5.69 Å². The van der Waals surface area contributed by atoms with Gasteiger partial charge in [0.15, 0.2) is 11.0 Å². The first-order valence-corrected chi connectivity index (χ1v) is 9.45. The van der Waals surface area contributed by atoms with E-state index in [9.17, 15) is 4.79 Å². The van der Waals surface area contributed by atoms with E-state index in [-0.39, 0.29) is 11.7 Å². The molecule has 0 fully saturated rings. The van der Waals surface area contributed by atoms with Gasteiger partial charge in [0.05, 0.1) is 17.6 Å². The summed E-state index contributed by atoms with van der Waals surface area (Å²) in [7, 11) is 0. The number of nitrogens with one attached hydrogen (secondary N) is 1. The minimum atomic E-state index is -0.0614. The van der Waals surface area contributed by atoms with Gasteiger partial charge < -0.3 is 14.3 Å². The van der Waals surface area contributed by atoms with E-state index in [2.05, 4.69) is 21.6 Å². The molecular formula is C19H22N4O2S. The quantitative estimate of drug-likeness (QED) is 0.658. The van der Waals surface area contributed by atoms with Crippen LogP contribution in [0.5, 0.6) is 0 Å². The molecule has 2 aromatic heterocycles. The third-order valence-corrected chi connectivity index (χ3v) is 5.09. The molecule has 0 bridgehead atoms. The third-order valence-electron chi connectivity index (χ3n) is 4.12. The number of benzene rings is 1. The topological polar surface area (TPSA) is 73.0 Å². The molecule has 0 aliphatic heterocycles. The maximum atomic E-state index is 12.3. The van der Waals surface area contributed by atoms with Crippen LogP contribution < -0.4 is 5.32 Å². The van der Waals surface area contributed by atoms with Crippen LogP contribution in [0.25, 0.3) is 11.4 Å². The SMILES string of the molecule is CCn1c(SCC(=O)Nc2ccc(C)cc2C)nnc1-c1ccoc1C. The molecule has 7 heteroatoms. The third kappa shape index (κ3) is 3.83. The van der Waals surface area contributed by atoms with Crippen molar-refractivity contribution in [2.24, 2.45) is 0 Å². The van der Waals surface area contributed by atoms with E-state index in [4.69, 9.17) is 4.42 Å². The Labute approximate surface area is 157 Å². The van der Waals surface area contributed by atoms with Gasteiger partial charge in [0.25, 0.3) is 0 Å². The molecular weight excluding hydrogens is 348 g/mol. The van der Waals surface area contributed by atoms with E-state index in [0.29, 0.717) is 6.54 Å². The van der Waals surface area contributed by atoms with Gasteiger partial charge in [-0.15, -0.1) is 10.2 Å². The van der Waals surface area contributed by atoms with Crippen LogP contribution in [0.1, 0.15) is 23.8 Å². The summed E-state index contributed by atoms with van der Waals surface area (Å²) in [5.74, 6) is 1.77. The van der Waals surface area contributed by atoms with Crippen LogP contribution in [0.3, 0.4) is 0 Å². The minimum Gasteiger partial charge on any atom is -0.469 e. The number of amides is 1. The predicted molar refractivity (Wildman–Crippen MR) is 103 cm³/mol. The Morgan fingerprint density at radius 1 is 1.23 bits per heavy atom. The molecule has 0 radical (unpaired) electrons. The smallest absolute Gasteiger partial charge is 0.234 e. The summed E-state index contributed by atoms with van der Waals surface area (Å²) < 4.78 is 7.35. The Balaban J connectivity index is 1.69. The number of rotatable bonds is 6. The number of carbonyl (C=O) groups is 1. The second-order valence-corrected chi connectivity index (χ2v) is 7.04. The molecule has 0 aliphatic rings. The lowest BCUT2D eigenvalue weighted by Crippen LogP contribution is -2.15. The molecule has 0 atom stereocenters. The largest absolute Gasteiger partial charge is 0.469 e. The van der Waals surface area contributed by atoms with Gasteiger partial charge in [-0.2, -0.15) is 0 Å². The Morgan fingerprint density at radius 3 is 2.69 bits per heavy atom. The zero-order chi connectivity index (χ0) is 18.7. The summed E-state index contributed by atoms with van der Waals surface area (Å²) in [6.45, 7) is 8.67. The highest BCUT2D eigenvalue weighted by Gasteiger charge is 2.17. The minimum absolute atomic E-state index is 0.0614. The first-order valence-electron chi connectivity index (χ1n) is 8.47. The molecule has 0 saturated carbocycles. The van der Waals surface area contributed by atoms with Crippen molar-refractivity contribution in [3.05, 3.63) is 47.4 Å². The maximum Gasteiger partial charge on any atom is 0.234 e. The highest BCUT2D eigenvalue weighted by atomic mass is 32.2. The monoisotopic (exact) mass is 370 g/mol. The molecule has 3 aromatic rings. The number of hydrogen-bond donors (Lipinski definition) is 1. The molecule has 1 aromatic carbocycles. The summed E-state index contributed by atoms with van der Waals surface area (Å²) in [4.78, 5) is 12.3. The zero-order valence-corrected chi connectivity index (χ0v) is 16.2. The lowest BCUT2D eigenvalue weighted by molar-refractivity contribution is -0.113. The van der Waals surface area contributed by atoms with Gasteiger partial charge >= 0.3 is 0 Å². The molecule has 0 unspecified atom stereocenters. The van der Waals surface area contributed by atoms with E-state index >= 15 is 0 Å². The summed E-state index contributed by atoms with van der Waals surface area (Å²) >= 11 is 1.38. The van der Waals surface area contributed by atoms with Gasteiger partial charge in [-0.05, 0) is 45.4 Å². The van der Waals surface area contributed by atoms with Crippen molar-refractivity contribution in [3.63, 3.8) is 0 Å². The van der Waals surface area contributed by atoms with Crippen LogP contribution in [-0.4, -0.2) is 26.4 Å². The predicted octanol–water partition coefficient (Wildman–Crippen LogP) is 4.21. The van der Waals surface area contributed by atoms with Gasteiger partial charge in [0.2, 0.25) is 5.91 Å². The van der Waals surface area contributed by atoms with Crippen LogP contribution in [-0.2, 0) is 11.3 Å². The van der Waals surface area contributed by atoms with Crippen molar-refractivity contribution >= 4 is 23.4 Å². The Bertz CT molecular complexity index is 930. The summed E-state index contributed by atoms with van der Waals surface area (Å²) in [5.41, 5.74) is 3.99.